The van der Waals surface area contributed by atoms with Gasteiger partial charge in [0.1, 0.15) is 5.75 Å². The van der Waals surface area contributed by atoms with Gasteiger partial charge in [0.2, 0.25) is 0 Å². The summed E-state index contributed by atoms with van der Waals surface area (Å²) in [5, 5.41) is 3.28. The average Bonchev–Trinajstić information content (AvgIpc) is 2.59. The maximum atomic E-state index is 5.25. The third-order valence-electron chi connectivity index (χ3n) is 1.86. The Labute approximate surface area is 99.6 Å². The summed E-state index contributed by atoms with van der Waals surface area (Å²) >= 11 is 8.43. The summed E-state index contributed by atoms with van der Waals surface area (Å²) in [5.41, 5.74) is 0. The lowest BCUT2D eigenvalue weighted by Crippen LogP contribution is -1.87. The van der Waals surface area contributed by atoms with Gasteiger partial charge in [0.25, 0.3) is 0 Å². The molecule has 0 bridgehead atoms. The largest absolute Gasteiger partial charge is 0.496 e. The van der Waals surface area contributed by atoms with Gasteiger partial charge in [-0.25, -0.2) is 0 Å². The van der Waals surface area contributed by atoms with Crippen molar-refractivity contribution in [1.82, 2.24) is 0 Å². The maximum Gasteiger partial charge on any atom is 0.134 e. The quantitative estimate of drug-likeness (QED) is 0.621. The fraction of sp³-hybridized carbons (Fsp3) is 0.111. The Bertz CT molecular complexity index is 450. The number of halogens is 1. The van der Waals surface area contributed by atoms with E-state index in [1.807, 2.05) is 0 Å². The molecule has 0 aliphatic carbocycles. The smallest absolute Gasteiger partial charge is 0.134 e. The molecule has 1 aromatic heterocycles. The fourth-order valence-electron chi connectivity index (χ4n) is 1.19. The lowest BCUT2D eigenvalue weighted by molar-refractivity contribution is 0.411. The number of benzene rings is 1. The summed E-state index contributed by atoms with van der Waals surface area (Å²) in [6, 6.07) is 4.14. The molecule has 0 aliphatic rings. The maximum absolute atomic E-state index is 5.25. The Morgan fingerprint density at radius 2 is 2.31 bits per heavy atom. The number of hydrogen-bond donors (Lipinski definition) is 1. The number of fused-ring (bicyclic) bond motifs is 1. The van der Waals surface area contributed by atoms with E-state index in [1.165, 1.54) is 10.1 Å². The van der Waals surface area contributed by atoms with E-state index in [1.54, 1.807) is 18.4 Å². The molecule has 1 nitrogen and oxygen atoms in total. The van der Waals surface area contributed by atoms with Crippen LogP contribution in [0.25, 0.3) is 10.1 Å². The summed E-state index contributed by atoms with van der Waals surface area (Å²) in [6.45, 7) is 0. The van der Waals surface area contributed by atoms with Crippen LogP contribution in [0.4, 0.5) is 0 Å². The molecule has 0 spiro atoms. The van der Waals surface area contributed by atoms with Gasteiger partial charge in [-0.1, -0.05) is 0 Å². The van der Waals surface area contributed by atoms with Crippen molar-refractivity contribution in [2.45, 2.75) is 4.90 Å². The second-order valence-electron chi connectivity index (χ2n) is 2.57. The Balaban J connectivity index is 2.83. The molecular formula is C9H7IOS2. The first-order valence-electron chi connectivity index (χ1n) is 3.66. The van der Waals surface area contributed by atoms with E-state index in [0.29, 0.717) is 0 Å². The minimum absolute atomic E-state index is 0.903. The number of thiol groups is 1. The highest BCUT2D eigenvalue weighted by atomic mass is 127. The normalized spacial score (nSPS) is 10.7. The summed E-state index contributed by atoms with van der Waals surface area (Å²) in [6.07, 6.45) is 0. The first-order valence-corrected chi connectivity index (χ1v) is 6.07. The lowest BCUT2D eigenvalue weighted by atomic mass is 10.2. The van der Waals surface area contributed by atoms with Crippen LogP contribution in [-0.2, 0) is 0 Å². The highest BCUT2D eigenvalue weighted by Gasteiger charge is 2.09. The molecule has 0 N–H and O–H groups in total. The van der Waals surface area contributed by atoms with Gasteiger partial charge in [-0.05, 0) is 40.1 Å². The van der Waals surface area contributed by atoms with Gasteiger partial charge in [-0.15, -0.1) is 24.0 Å². The second kappa shape index (κ2) is 3.67. The average molecular weight is 322 g/mol. The molecular weight excluding hydrogens is 315 g/mol. The molecule has 0 radical (unpaired) electrons. The van der Waals surface area contributed by atoms with Gasteiger partial charge >= 0.3 is 0 Å². The van der Waals surface area contributed by atoms with E-state index < -0.39 is 0 Å². The van der Waals surface area contributed by atoms with Crippen LogP contribution in [0.3, 0.4) is 0 Å². The predicted molar refractivity (Wildman–Crippen MR) is 68.3 cm³/mol. The summed E-state index contributed by atoms with van der Waals surface area (Å²) in [5.74, 6) is 0.903. The monoisotopic (exact) mass is 322 g/mol. The number of thiophene rings is 1. The van der Waals surface area contributed by atoms with E-state index in [-0.39, 0.29) is 0 Å². The molecule has 0 amide bonds. The van der Waals surface area contributed by atoms with Crippen molar-refractivity contribution in [3.8, 4) is 5.75 Å². The molecule has 1 aromatic carbocycles. The van der Waals surface area contributed by atoms with Crippen LogP contribution >= 0.6 is 46.6 Å². The van der Waals surface area contributed by atoms with Crippen LogP contribution in [0.15, 0.2) is 22.4 Å². The highest BCUT2D eigenvalue weighted by molar-refractivity contribution is 14.1. The zero-order valence-corrected chi connectivity index (χ0v) is 10.7. The van der Waals surface area contributed by atoms with Crippen LogP contribution in [0, 0.1) is 3.57 Å². The topological polar surface area (TPSA) is 9.23 Å². The molecule has 0 aliphatic heterocycles. The van der Waals surface area contributed by atoms with Gasteiger partial charge in [-0.2, -0.15) is 0 Å². The molecule has 4 heteroatoms. The van der Waals surface area contributed by atoms with Crippen molar-refractivity contribution in [1.29, 1.82) is 0 Å². The Hall–Kier alpha value is 0.0600. The fourth-order valence-corrected chi connectivity index (χ4v) is 3.06. The minimum Gasteiger partial charge on any atom is -0.496 e. The molecule has 13 heavy (non-hydrogen) atoms. The molecule has 2 rings (SSSR count). The van der Waals surface area contributed by atoms with Gasteiger partial charge < -0.3 is 4.74 Å². The highest BCUT2D eigenvalue weighted by Crippen LogP contribution is 2.36. The van der Waals surface area contributed by atoms with Gasteiger partial charge in [-0.3, -0.25) is 0 Å². The number of methoxy groups -OCH3 is 1. The van der Waals surface area contributed by atoms with Gasteiger partial charge in [0.05, 0.1) is 10.7 Å². The van der Waals surface area contributed by atoms with Crippen LogP contribution < -0.4 is 4.74 Å². The zero-order chi connectivity index (χ0) is 9.42. The van der Waals surface area contributed by atoms with Gasteiger partial charge in [0, 0.05) is 15.0 Å². The van der Waals surface area contributed by atoms with Crippen molar-refractivity contribution in [3.05, 3.63) is 21.1 Å². The van der Waals surface area contributed by atoms with Crippen molar-refractivity contribution >= 4 is 56.6 Å². The van der Waals surface area contributed by atoms with E-state index >= 15 is 0 Å². The first-order chi connectivity index (χ1) is 6.24. The number of rotatable bonds is 1. The van der Waals surface area contributed by atoms with Crippen molar-refractivity contribution in [2.24, 2.45) is 0 Å². The van der Waals surface area contributed by atoms with Crippen LogP contribution in [0.5, 0.6) is 5.75 Å². The van der Waals surface area contributed by atoms with Crippen LogP contribution in [0.2, 0.25) is 0 Å². The van der Waals surface area contributed by atoms with Crippen molar-refractivity contribution < 1.29 is 4.74 Å². The first kappa shape index (κ1) is 9.61. The second-order valence-corrected chi connectivity index (χ2v) is 5.05. The number of ether oxygens (including phenoxy) is 1. The SMILES string of the molecule is COc1cc2sccc2c(S)c1I. The summed E-state index contributed by atoms with van der Waals surface area (Å²) < 4.78 is 7.56. The molecule has 2 aromatic rings. The Kier molecular flexibility index (Phi) is 2.71. The van der Waals surface area contributed by atoms with Crippen molar-refractivity contribution in [2.75, 3.05) is 7.11 Å². The van der Waals surface area contributed by atoms with Gasteiger partial charge in [0.15, 0.2) is 0 Å². The summed E-state index contributed by atoms with van der Waals surface area (Å²) in [7, 11) is 1.68. The molecule has 68 valence electrons. The predicted octanol–water partition coefficient (Wildman–Crippen LogP) is 3.80. The molecule has 0 unspecified atom stereocenters. The summed E-state index contributed by atoms with van der Waals surface area (Å²) in [4.78, 5) is 1.01. The molecule has 0 atom stereocenters. The molecule has 0 saturated carbocycles. The van der Waals surface area contributed by atoms with Crippen LogP contribution in [-0.4, -0.2) is 7.11 Å². The third kappa shape index (κ3) is 1.55. The zero-order valence-electron chi connectivity index (χ0n) is 6.87. The molecule has 0 saturated heterocycles. The third-order valence-corrected chi connectivity index (χ3v) is 4.68. The Morgan fingerprint density at radius 3 is 3.00 bits per heavy atom. The van der Waals surface area contributed by atoms with E-state index in [9.17, 15) is 0 Å². The van der Waals surface area contributed by atoms with Crippen molar-refractivity contribution in [3.63, 3.8) is 0 Å². The minimum atomic E-state index is 0.903. The van der Waals surface area contributed by atoms with E-state index in [2.05, 4.69) is 52.7 Å². The standard InChI is InChI=1S/C9H7IOS2/c1-11-6-4-7-5(2-3-13-7)9(12)8(6)10/h2-4,12H,1H3. The lowest BCUT2D eigenvalue weighted by Gasteiger charge is -2.06. The van der Waals surface area contributed by atoms with E-state index in [0.717, 1.165) is 14.2 Å². The van der Waals surface area contributed by atoms with E-state index in [4.69, 9.17) is 4.74 Å². The van der Waals surface area contributed by atoms with Crippen LogP contribution in [0.1, 0.15) is 0 Å². The molecule has 1 heterocycles. The molecule has 0 fully saturated rings. The Morgan fingerprint density at radius 1 is 1.54 bits per heavy atom. The number of hydrogen-bond acceptors (Lipinski definition) is 3.